The fraction of sp³-hybridized carbons (Fsp3) is 0.250. The van der Waals surface area contributed by atoms with Crippen LogP contribution >= 0.6 is 39.1 Å². The van der Waals surface area contributed by atoms with E-state index in [1.165, 1.54) is 0 Å². The van der Waals surface area contributed by atoms with Crippen molar-refractivity contribution in [3.8, 4) is 11.5 Å². The second-order valence-electron chi connectivity index (χ2n) is 4.53. The highest BCUT2D eigenvalue weighted by Gasteiger charge is 2.14. The average molecular weight is 390 g/mol. The van der Waals surface area contributed by atoms with E-state index in [-0.39, 0.29) is 5.38 Å². The third-order valence-corrected chi connectivity index (χ3v) is 4.51. The van der Waals surface area contributed by atoms with Gasteiger partial charge in [-0.1, -0.05) is 33.6 Å². The van der Waals surface area contributed by atoms with Gasteiger partial charge in [0.25, 0.3) is 0 Å². The number of hydrogen-bond acceptors (Lipinski definition) is 2. The Morgan fingerprint density at radius 2 is 1.76 bits per heavy atom. The predicted octanol–water partition coefficient (Wildman–Crippen LogP) is 5.64. The number of methoxy groups -OCH3 is 2. The first kappa shape index (κ1) is 16.5. The maximum absolute atomic E-state index is 6.53. The standard InChI is InChI=1S/C16H15BrCl2O2/c1-20-15-6-3-10(8-16(15)21-2)7-14(19)12-9-11(18)4-5-13(12)17/h3-6,8-9,14H,7H2,1-2H3. The monoisotopic (exact) mass is 388 g/mol. The summed E-state index contributed by atoms with van der Waals surface area (Å²) < 4.78 is 11.5. The van der Waals surface area contributed by atoms with Gasteiger partial charge in [0, 0.05) is 9.50 Å². The first-order valence-electron chi connectivity index (χ1n) is 6.35. The van der Waals surface area contributed by atoms with Crippen molar-refractivity contribution in [3.05, 3.63) is 57.0 Å². The summed E-state index contributed by atoms with van der Waals surface area (Å²) in [5.41, 5.74) is 2.04. The Morgan fingerprint density at radius 1 is 1.05 bits per heavy atom. The molecule has 2 nitrogen and oxygen atoms in total. The van der Waals surface area contributed by atoms with Gasteiger partial charge in [0.1, 0.15) is 0 Å². The number of benzene rings is 2. The van der Waals surface area contributed by atoms with E-state index >= 15 is 0 Å². The van der Waals surface area contributed by atoms with Crippen molar-refractivity contribution in [1.29, 1.82) is 0 Å². The average Bonchev–Trinajstić information content (AvgIpc) is 2.49. The molecule has 2 rings (SSSR count). The molecule has 0 heterocycles. The zero-order chi connectivity index (χ0) is 15.4. The van der Waals surface area contributed by atoms with Crippen LogP contribution in [0.1, 0.15) is 16.5 Å². The number of ether oxygens (including phenoxy) is 2. The van der Waals surface area contributed by atoms with Crippen LogP contribution in [-0.2, 0) is 6.42 Å². The van der Waals surface area contributed by atoms with E-state index in [9.17, 15) is 0 Å². The molecular weight excluding hydrogens is 375 g/mol. The van der Waals surface area contributed by atoms with Crippen LogP contribution in [0.5, 0.6) is 11.5 Å². The Labute approximate surface area is 143 Å². The normalized spacial score (nSPS) is 12.0. The highest BCUT2D eigenvalue weighted by atomic mass is 79.9. The summed E-state index contributed by atoms with van der Waals surface area (Å²) in [4.78, 5) is 0. The summed E-state index contributed by atoms with van der Waals surface area (Å²) in [6.07, 6.45) is 0.668. The quantitative estimate of drug-likeness (QED) is 0.615. The first-order valence-corrected chi connectivity index (χ1v) is 7.95. The van der Waals surface area contributed by atoms with Crippen LogP contribution in [-0.4, -0.2) is 14.2 Å². The van der Waals surface area contributed by atoms with Gasteiger partial charge >= 0.3 is 0 Å². The Bertz CT molecular complexity index is 632. The highest BCUT2D eigenvalue weighted by Crippen LogP contribution is 2.35. The number of hydrogen-bond donors (Lipinski definition) is 0. The fourth-order valence-electron chi connectivity index (χ4n) is 2.08. The molecule has 1 atom stereocenters. The lowest BCUT2D eigenvalue weighted by molar-refractivity contribution is 0.354. The van der Waals surface area contributed by atoms with Gasteiger partial charge in [-0.3, -0.25) is 0 Å². The molecule has 21 heavy (non-hydrogen) atoms. The van der Waals surface area contributed by atoms with Gasteiger partial charge < -0.3 is 9.47 Å². The van der Waals surface area contributed by atoms with Gasteiger partial charge in [0.05, 0.1) is 19.6 Å². The van der Waals surface area contributed by atoms with Gasteiger partial charge in [-0.15, -0.1) is 11.6 Å². The molecule has 0 aliphatic rings. The molecule has 112 valence electrons. The van der Waals surface area contributed by atoms with Crippen LogP contribution in [0.2, 0.25) is 5.02 Å². The van der Waals surface area contributed by atoms with E-state index < -0.39 is 0 Å². The summed E-state index contributed by atoms with van der Waals surface area (Å²) in [6.45, 7) is 0. The Kier molecular flexibility index (Phi) is 5.80. The summed E-state index contributed by atoms with van der Waals surface area (Å²) >= 11 is 16.1. The second kappa shape index (κ2) is 7.39. The zero-order valence-electron chi connectivity index (χ0n) is 11.7. The number of rotatable bonds is 5. The van der Waals surface area contributed by atoms with Crippen LogP contribution in [0.15, 0.2) is 40.9 Å². The summed E-state index contributed by atoms with van der Waals surface area (Å²) in [6, 6.07) is 11.4. The van der Waals surface area contributed by atoms with Crippen molar-refractivity contribution < 1.29 is 9.47 Å². The SMILES string of the molecule is COc1ccc(CC(Cl)c2cc(Cl)ccc2Br)cc1OC. The Morgan fingerprint density at radius 3 is 2.43 bits per heavy atom. The van der Waals surface area contributed by atoms with E-state index in [0.717, 1.165) is 15.6 Å². The van der Waals surface area contributed by atoms with Crippen molar-refractivity contribution >= 4 is 39.1 Å². The maximum Gasteiger partial charge on any atom is 0.160 e. The summed E-state index contributed by atoms with van der Waals surface area (Å²) in [5.74, 6) is 1.40. The topological polar surface area (TPSA) is 18.5 Å². The minimum Gasteiger partial charge on any atom is -0.493 e. The first-order chi connectivity index (χ1) is 10.0. The zero-order valence-corrected chi connectivity index (χ0v) is 14.8. The van der Waals surface area contributed by atoms with E-state index in [2.05, 4.69) is 15.9 Å². The summed E-state index contributed by atoms with van der Waals surface area (Å²) in [7, 11) is 3.23. The third-order valence-electron chi connectivity index (χ3n) is 3.16. The second-order valence-corrected chi connectivity index (χ2v) is 6.34. The predicted molar refractivity (Wildman–Crippen MR) is 91.0 cm³/mol. The van der Waals surface area contributed by atoms with E-state index in [1.807, 2.05) is 36.4 Å². The molecular formula is C16H15BrCl2O2. The van der Waals surface area contributed by atoms with Crippen LogP contribution in [0.4, 0.5) is 0 Å². The van der Waals surface area contributed by atoms with Crippen LogP contribution in [0.25, 0.3) is 0 Å². The van der Waals surface area contributed by atoms with Gasteiger partial charge in [-0.05, 0) is 47.9 Å². The van der Waals surface area contributed by atoms with Gasteiger partial charge in [0.2, 0.25) is 0 Å². The minimum atomic E-state index is -0.184. The molecule has 0 spiro atoms. The molecule has 2 aromatic carbocycles. The molecule has 1 unspecified atom stereocenters. The molecule has 5 heteroatoms. The fourth-order valence-corrected chi connectivity index (χ4v) is 3.27. The smallest absolute Gasteiger partial charge is 0.160 e. The molecule has 0 aliphatic heterocycles. The van der Waals surface area contributed by atoms with Gasteiger partial charge in [-0.2, -0.15) is 0 Å². The molecule has 0 N–H and O–H groups in total. The van der Waals surface area contributed by atoms with E-state index in [0.29, 0.717) is 22.9 Å². The van der Waals surface area contributed by atoms with E-state index in [4.69, 9.17) is 32.7 Å². The molecule has 0 saturated carbocycles. The largest absolute Gasteiger partial charge is 0.493 e. The van der Waals surface area contributed by atoms with Crippen molar-refractivity contribution in [2.75, 3.05) is 14.2 Å². The van der Waals surface area contributed by atoms with Crippen molar-refractivity contribution in [2.24, 2.45) is 0 Å². The van der Waals surface area contributed by atoms with Crippen LogP contribution < -0.4 is 9.47 Å². The molecule has 0 radical (unpaired) electrons. The third kappa shape index (κ3) is 4.06. The molecule has 0 amide bonds. The van der Waals surface area contributed by atoms with Crippen molar-refractivity contribution in [2.45, 2.75) is 11.8 Å². The van der Waals surface area contributed by atoms with Crippen LogP contribution in [0, 0.1) is 0 Å². The molecule has 0 bridgehead atoms. The van der Waals surface area contributed by atoms with Gasteiger partial charge in [0.15, 0.2) is 11.5 Å². The van der Waals surface area contributed by atoms with Gasteiger partial charge in [-0.25, -0.2) is 0 Å². The van der Waals surface area contributed by atoms with Crippen molar-refractivity contribution in [3.63, 3.8) is 0 Å². The van der Waals surface area contributed by atoms with Crippen LogP contribution in [0.3, 0.4) is 0 Å². The number of alkyl halides is 1. The highest BCUT2D eigenvalue weighted by molar-refractivity contribution is 9.10. The summed E-state index contributed by atoms with van der Waals surface area (Å²) in [5, 5.41) is 0.488. The van der Waals surface area contributed by atoms with Crippen molar-refractivity contribution in [1.82, 2.24) is 0 Å². The molecule has 0 aliphatic carbocycles. The molecule has 2 aromatic rings. The lowest BCUT2D eigenvalue weighted by Gasteiger charge is -2.14. The number of halogens is 3. The Balaban J connectivity index is 2.23. The minimum absolute atomic E-state index is 0.184. The molecule has 0 aromatic heterocycles. The maximum atomic E-state index is 6.53. The Hall–Kier alpha value is -0.900. The lowest BCUT2D eigenvalue weighted by atomic mass is 10.0. The van der Waals surface area contributed by atoms with E-state index in [1.54, 1.807) is 14.2 Å². The lowest BCUT2D eigenvalue weighted by Crippen LogP contribution is -1.99. The molecule has 0 fully saturated rings. The molecule has 0 saturated heterocycles.